The van der Waals surface area contributed by atoms with Gasteiger partial charge < -0.3 is 17.7 Å². The third kappa shape index (κ3) is 4.59. The van der Waals surface area contributed by atoms with Crippen LogP contribution in [0.2, 0.25) is 5.02 Å². The van der Waals surface area contributed by atoms with Gasteiger partial charge in [-0.1, -0.05) is 29.4 Å². The Hall–Kier alpha value is -0.890. The molecule has 2 rings (SSSR count). The molecule has 0 bridgehead atoms. The third-order valence-electron chi connectivity index (χ3n) is 2.54. The van der Waals surface area contributed by atoms with Gasteiger partial charge in [0.15, 0.2) is 0 Å². The number of aryl methyl sites for hydroxylation is 1. The van der Waals surface area contributed by atoms with Crippen molar-refractivity contribution in [2.75, 3.05) is 12.3 Å². The number of nitrogens with two attached hydrogens (primary N) is 1. The van der Waals surface area contributed by atoms with Crippen molar-refractivity contribution in [1.82, 2.24) is 20.2 Å². The molecule has 110 valence electrons. The summed E-state index contributed by atoms with van der Waals surface area (Å²) in [4.78, 5) is 0. The van der Waals surface area contributed by atoms with Crippen molar-refractivity contribution in [3.05, 3.63) is 34.6 Å². The second kappa shape index (κ2) is 8.41. The predicted octanol–water partition coefficient (Wildman–Crippen LogP) is -2.14. The molecule has 1 heterocycles. The first-order valence-electron chi connectivity index (χ1n) is 5.78. The summed E-state index contributed by atoms with van der Waals surface area (Å²) in [5.41, 5.74) is 0.550. The largest absolute Gasteiger partial charge is 1.00 e. The van der Waals surface area contributed by atoms with Crippen molar-refractivity contribution in [3.8, 4) is 0 Å². The molecule has 0 saturated heterocycles. The first kappa shape index (κ1) is 17.2. The van der Waals surface area contributed by atoms with E-state index < -0.39 is 0 Å². The minimum atomic E-state index is -0.256. The Morgan fingerprint density at radius 2 is 2.25 bits per heavy atom. The molecule has 2 aromatic rings. The maximum Gasteiger partial charge on any atom is 0.209 e. The molecular weight excluding hydrogens is 324 g/mol. The van der Waals surface area contributed by atoms with E-state index in [1.807, 2.05) is 5.32 Å². The zero-order valence-electron chi connectivity index (χ0n) is 10.8. The van der Waals surface area contributed by atoms with Gasteiger partial charge >= 0.3 is 0 Å². The monoisotopic (exact) mass is 337 g/mol. The third-order valence-corrected chi connectivity index (χ3v) is 3.94. The smallest absolute Gasteiger partial charge is 0.209 e. The van der Waals surface area contributed by atoms with E-state index in [0.29, 0.717) is 17.1 Å². The molecule has 1 aromatic carbocycles. The van der Waals surface area contributed by atoms with Crippen molar-refractivity contribution in [3.63, 3.8) is 0 Å². The number of benzene rings is 1. The first-order valence-corrected chi connectivity index (χ1v) is 7.14. The quantitative estimate of drug-likeness (QED) is 0.483. The average Bonchev–Trinajstić information content (AvgIpc) is 2.78. The highest BCUT2D eigenvalue weighted by molar-refractivity contribution is 7.99. The summed E-state index contributed by atoms with van der Waals surface area (Å²) < 4.78 is 15.1. The average molecular weight is 338 g/mol. The van der Waals surface area contributed by atoms with Gasteiger partial charge in [0.05, 0.1) is 22.9 Å². The van der Waals surface area contributed by atoms with Crippen molar-refractivity contribution < 1.29 is 22.1 Å². The van der Waals surface area contributed by atoms with Crippen LogP contribution in [0.15, 0.2) is 23.4 Å². The highest BCUT2D eigenvalue weighted by atomic mass is 35.5. The lowest BCUT2D eigenvalue weighted by Crippen LogP contribution is -3.00. The molecule has 0 spiro atoms. The molecular formula is C11H14Cl2FN5S. The summed E-state index contributed by atoms with van der Waals surface area (Å²) in [6.07, 6.45) is 0. The molecule has 0 fully saturated rings. The molecule has 0 saturated carbocycles. The number of tetrazole rings is 1. The second-order valence-electron chi connectivity index (χ2n) is 3.92. The van der Waals surface area contributed by atoms with Gasteiger partial charge in [0.2, 0.25) is 5.16 Å². The Labute approximate surface area is 131 Å². The topological polar surface area (TPSA) is 60.2 Å². The molecule has 0 aliphatic rings. The lowest BCUT2D eigenvalue weighted by molar-refractivity contribution is -0.666. The summed E-state index contributed by atoms with van der Waals surface area (Å²) in [6, 6.07) is 4.74. The van der Waals surface area contributed by atoms with Crippen LogP contribution in [0.4, 0.5) is 4.39 Å². The zero-order valence-corrected chi connectivity index (χ0v) is 13.1. The fraction of sp³-hybridized carbons (Fsp3) is 0.364. The van der Waals surface area contributed by atoms with Crippen LogP contribution in [0.3, 0.4) is 0 Å². The van der Waals surface area contributed by atoms with Gasteiger partial charge in [-0.2, -0.15) is 0 Å². The highest BCUT2D eigenvalue weighted by Crippen LogP contribution is 2.17. The van der Waals surface area contributed by atoms with Crippen LogP contribution in [-0.2, 0) is 13.6 Å². The predicted molar refractivity (Wildman–Crippen MR) is 71.4 cm³/mol. The lowest BCUT2D eigenvalue weighted by atomic mass is 10.2. The van der Waals surface area contributed by atoms with Crippen LogP contribution in [0, 0.1) is 5.82 Å². The lowest BCUT2D eigenvalue weighted by Gasteiger charge is -2.04. The Balaban J connectivity index is 0.00000200. The van der Waals surface area contributed by atoms with Gasteiger partial charge in [-0.15, -0.1) is 5.10 Å². The van der Waals surface area contributed by atoms with Crippen LogP contribution in [0.1, 0.15) is 5.56 Å². The standard InChI is InChI=1S/C11H13ClFN5S.ClH/c1-18-11(15-16-17-18)19-6-5-14-7-8-9(12)3-2-4-10(8)13;/h2-4,14H,5-7H2,1H3;1H. The van der Waals surface area contributed by atoms with Crippen LogP contribution < -0.4 is 17.7 Å². The molecule has 5 nitrogen and oxygen atoms in total. The second-order valence-corrected chi connectivity index (χ2v) is 5.38. The minimum absolute atomic E-state index is 0. The van der Waals surface area contributed by atoms with Gasteiger partial charge in [0, 0.05) is 7.05 Å². The van der Waals surface area contributed by atoms with E-state index in [0.717, 1.165) is 17.5 Å². The SMILES string of the molecule is Cn1nnnc1SCC[NH2+]Cc1c(F)cccc1Cl.[Cl-]. The molecule has 9 heteroatoms. The molecule has 20 heavy (non-hydrogen) atoms. The van der Waals surface area contributed by atoms with Crippen molar-refractivity contribution in [2.45, 2.75) is 11.7 Å². The Morgan fingerprint density at radius 3 is 2.90 bits per heavy atom. The number of hydrogen-bond acceptors (Lipinski definition) is 4. The molecule has 0 radical (unpaired) electrons. The van der Waals surface area contributed by atoms with E-state index in [1.165, 1.54) is 6.07 Å². The number of thioether (sulfide) groups is 1. The molecule has 0 amide bonds. The highest BCUT2D eigenvalue weighted by Gasteiger charge is 2.08. The summed E-state index contributed by atoms with van der Waals surface area (Å²) in [6.45, 7) is 1.37. The summed E-state index contributed by atoms with van der Waals surface area (Å²) in [5.74, 6) is 0.592. The van der Waals surface area contributed by atoms with Crippen LogP contribution in [0.25, 0.3) is 0 Å². The summed E-state index contributed by atoms with van der Waals surface area (Å²) in [5, 5.41) is 14.4. The number of quaternary nitrogens is 1. The van der Waals surface area contributed by atoms with Crippen LogP contribution in [-0.4, -0.2) is 32.5 Å². The first-order chi connectivity index (χ1) is 9.18. The normalized spacial score (nSPS) is 10.3. The maximum atomic E-state index is 13.5. The van der Waals surface area contributed by atoms with E-state index >= 15 is 0 Å². The van der Waals surface area contributed by atoms with Gasteiger partial charge in [-0.05, 0) is 22.6 Å². The Bertz CT molecular complexity index is 531. The Kier molecular flexibility index (Phi) is 7.22. The van der Waals surface area contributed by atoms with E-state index in [9.17, 15) is 4.39 Å². The van der Waals surface area contributed by atoms with E-state index in [4.69, 9.17) is 11.6 Å². The van der Waals surface area contributed by atoms with E-state index in [1.54, 1.807) is 35.6 Å². The van der Waals surface area contributed by atoms with E-state index in [2.05, 4.69) is 15.5 Å². The van der Waals surface area contributed by atoms with Crippen LogP contribution >= 0.6 is 23.4 Å². The Morgan fingerprint density at radius 1 is 1.45 bits per heavy atom. The van der Waals surface area contributed by atoms with Gasteiger partial charge in [-0.25, -0.2) is 9.07 Å². The summed E-state index contributed by atoms with van der Waals surface area (Å²) in [7, 11) is 1.80. The maximum absolute atomic E-state index is 13.5. The molecule has 1 aromatic heterocycles. The number of rotatable bonds is 6. The number of nitrogens with zero attached hydrogens (tertiary/aromatic N) is 4. The fourth-order valence-corrected chi connectivity index (χ4v) is 2.58. The van der Waals surface area contributed by atoms with Crippen LogP contribution in [0.5, 0.6) is 0 Å². The van der Waals surface area contributed by atoms with Gasteiger partial charge in [0.25, 0.3) is 0 Å². The van der Waals surface area contributed by atoms with Gasteiger partial charge in [-0.3, -0.25) is 0 Å². The molecule has 0 aliphatic heterocycles. The fourth-order valence-electron chi connectivity index (χ4n) is 1.55. The van der Waals surface area contributed by atoms with Crippen molar-refractivity contribution in [1.29, 1.82) is 0 Å². The minimum Gasteiger partial charge on any atom is -1.00 e. The number of hydrogen-bond donors (Lipinski definition) is 1. The molecule has 0 unspecified atom stereocenters. The van der Waals surface area contributed by atoms with E-state index in [-0.39, 0.29) is 18.2 Å². The van der Waals surface area contributed by atoms with Gasteiger partial charge in [0.1, 0.15) is 12.4 Å². The number of halogens is 3. The molecule has 2 N–H and O–H groups in total. The van der Waals surface area contributed by atoms with Crippen molar-refractivity contribution >= 4 is 23.4 Å². The summed E-state index contributed by atoms with van der Waals surface area (Å²) >= 11 is 7.52. The zero-order chi connectivity index (χ0) is 13.7. The van der Waals surface area contributed by atoms with Crippen molar-refractivity contribution in [2.24, 2.45) is 7.05 Å². The number of aromatic nitrogens is 4. The molecule has 0 aliphatic carbocycles. The molecule has 0 atom stereocenters.